The molecular weight excluding hydrogens is 229 g/mol. The lowest BCUT2D eigenvalue weighted by atomic mass is 9.96. The third-order valence-electron chi connectivity index (χ3n) is 3.06. The molecule has 0 aliphatic heterocycles. The van der Waals surface area contributed by atoms with E-state index in [1.165, 1.54) is 6.07 Å². The Hall–Kier alpha value is -0.930. The zero-order valence-electron chi connectivity index (χ0n) is 11.4. The Labute approximate surface area is 110 Å². The molecular formula is C15H24FNO. The fraction of sp³-hybridized carbons (Fsp3) is 0.600. The van der Waals surface area contributed by atoms with Crippen LogP contribution in [0.4, 0.5) is 4.39 Å². The molecule has 2 nitrogen and oxygen atoms in total. The van der Waals surface area contributed by atoms with Crippen LogP contribution in [0.2, 0.25) is 0 Å². The molecule has 0 saturated heterocycles. The second kappa shape index (κ2) is 9.06. The molecule has 1 unspecified atom stereocenters. The number of methoxy groups -OCH3 is 1. The van der Waals surface area contributed by atoms with Gasteiger partial charge in [0.1, 0.15) is 5.82 Å². The minimum atomic E-state index is -0.101. The molecule has 3 heteroatoms. The first kappa shape index (κ1) is 15.1. The summed E-state index contributed by atoms with van der Waals surface area (Å²) < 4.78 is 18.7. The first-order valence-electron chi connectivity index (χ1n) is 6.71. The van der Waals surface area contributed by atoms with Gasteiger partial charge < -0.3 is 10.1 Å². The topological polar surface area (TPSA) is 21.3 Å². The van der Waals surface area contributed by atoms with Gasteiger partial charge in [-0.3, -0.25) is 0 Å². The Bertz CT molecular complexity index is 330. The maximum absolute atomic E-state index is 13.6. The third kappa shape index (κ3) is 5.61. The lowest BCUT2D eigenvalue weighted by Crippen LogP contribution is -2.26. The van der Waals surface area contributed by atoms with Gasteiger partial charge >= 0.3 is 0 Å². The number of benzene rings is 1. The lowest BCUT2D eigenvalue weighted by molar-refractivity contribution is 0.176. The number of hydrogen-bond donors (Lipinski definition) is 1. The van der Waals surface area contributed by atoms with Crippen LogP contribution in [-0.4, -0.2) is 26.8 Å². The quantitative estimate of drug-likeness (QED) is 0.683. The van der Waals surface area contributed by atoms with Crippen molar-refractivity contribution < 1.29 is 9.13 Å². The van der Waals surface area contributed by atoms with E-state index in [-0.39, 0.29) is 5.82 Å². The minimum absolute atomic E-state index is 0.101. The van der Waals surface area contributed by atoms with Crippen molar-refractivity contribution in [2.24, 2.45) is 5.92 Å². The van der Waals surface area contributed by atoms with Gasteiger partial charge in [-0.1, -0.05) is 25.1 Å². The van der Waals surface area contributed by atoms with Crippen LogP contribution in [0.1, 0.15) is 25.3 Å². The Morgan fingerprint density at radius 2 is 2.11 bits per heavy atom. The molecule has 1 N–H and O–H groups in total. The molecule has 0 aliphatic carbocycles. The van der Waals surface area contributed by atoms with Gasteiger partial charge in [0.15, 0.2) is 0 Å². The van der Waals surface area contributed by atoms with Crippen molar-refractivity contribution in [3.8, 4) is 0 Å². The van der Waals surface area contributed by atoms with Gasteiger partial charge in [-0.15, -0.1) is 0 Å². The minimum Gasteiger partial charge on any atom is -0.385 e. The van der Waals surface area contributed by atoms with Crippen molar-refractivity contribution in [1.82, 2.24) is 5.32 Å². The van der Waals surface area contributed by atoms with Crippen LogP contribution in [0.5, 0.6) is 0 Å². The molecule has 0 saturated carbocycles. The Morgan fingerprint density at radius 1 is 1.33 bits per heavy atom. The maximum atomic E-state index is 13.6. The predicted molar refractivity (Wildman–Crippen MR) is 73.2 cm³/mol. The fourth-order valence-electron chi connectivity index (χ4n) is 2.02. The van der Waals surface area contributed by atoms with E-state index in [0.29, 0.717) is 5.92 Å². The molecule has 0 radical (unpaired) electrons. The van der Waals surface area contributed by atoms with Gasteiger partial charge in [0.05, 0.1) is 0 Å². The highest BCUT2D eigenvalue weighted by Gasteiger charge is 2.11. The molecule has 1 rings (SSSR count). The molecule has 102 valence electrons. The highest BCUT2D eigenvalue weighted by atomic mass is 19.1. The summed E-state index contributed by atoms with van der Waals surface area (Å²) in [6.45, 7) is 4.81. The average Bonchev–Trinajstić information content (AvgIpc) is 2.38. The molecule has 0 spiro atoms. The predicted octanol–water partition coefficient (Wildman–Crippen LogP) is 3.02. The summed E-state index contributed by atoms with van der Waals surface area (Å²) >= 11 is 0. The van der Waals surface area contributed by atoms with E-state index < -0.39 is 0 Å². The van der Waals surface area contributed by atoms with Gasteiger partial charge in [-0.25, -0.2) is 4.39 Å². The second-order valence-electron chi connectivity index (χ2n) is 4.65. The zero-order valence-corrected chi connectivity index (χ0v) is 11.4. The third-order valence-corrected chi connectivity index (χ3v) is 3.06. The molecule has 0 aliphatic rings. The van der Waals surface area contributed by atoms with Gasteiger partial charge in [-0.05, 0) is 49.9 Å². The van der Waals surface area contributed by atoms with Crippen molar-refractivity contribution in [3.63, 3.8) is 0 Å². The van der Waals surface area contributed by atoms with E-state index in [1.807, 2.05) is 12.1 Å². The number of halogens is 1. The van der Waals surface area contributed by atoms with Crippen molar-refractivity contribution in [2.45, 2.75) is 26.2 Å². The van der Waals surface area contributed by atoms with Crippen LogP contribution in [0.25, 0.3) is 0 Å². The number of hydrogen-bond acceptors (Lipinski definition) is 2. The summed E-state index contributed by atoms with van der Waals surface area (Å²) in [5, 5.41) is 3.41. The summed E-state index contributed by atoms with van der Waals surface area (Å²) in [5.74, 6) is 0.323. The van der Waals surface area contributed by atoms with E-state index in [1.54, 1.807) is 13.2 Å². The van der Waals surface area contributed by atoms with Crippen LogP contribution in [0, 0.1) is 11.7 Å². The first-order valence-corrected chi connectivity index (χ1v) is 6.71. The zero-order chi connectivity index (χ0) is 13.2. The summed E-state index contributed by atoms with van der Waals surface area (Å²) in [4.78, 5) is 0. The number of nitrogens with one attached hydrogen (secondary N) is 1. The summed E-state index contributed by atoms with van der Waals surface area (Å²) in [5.41, 5.74) is 0.803. The van der Waals surface area contributed by atoms with Crippen molar-refractivity contribution in [2.75, 3.05) is 26.8 Å². The van der Waals surface area contributed by atoms with Gasteiger partial charge in [0.25, 0.3) is 0 Å². The summed E-state index contributed by atoms with van der Waals surface area (Å²) in [7, 11) is 1.71. The Kier molecular flexibility index (Phi) is 7.62. The van der Waals surface area contributed by atoms with Gasteiger partial charge in [-0.2, -0.15) is 0 Å². The molecule has 0 fully saturated rings. The number of ether oxygens (including phenoxy) is 1. The van der Waals surface area contributed by atoms with Crippen molar-refractivity contribution in [1.29, 1.82) is 0 Å². The van der Waals surface area contributed by atoms with Crippen LogP contribution in [0.3, 0.4) is 0 Å². The van der Waals surface area contributed by atoms with E-state index >= 15 is 0 Å². The summed E-state index contributed by atoms with van der Waals surface area (Å²) in [6, 6.07) is 7.03. The molecule has 18 heavy (non-hydrogen) atoms. The van der Waals surface area contributed by atoms with Crippen molar-refractivity contribution in [3.05, 3.63) is 35.6 Å². The monoisotopic (exact) mass is 253 g/mol. The Balaban J connectivity index is 2.51. The van der Waals surface area contributed by atoms with Crippen LogP contribution >= 0.6 is 0 Å². The van der Waals surface area contributed by atoms with E-state index in [9.17, 15) is 4.39 Å². The largest absolute Gasteiger partial charge is 0.385 e. The molecule has 0 bridgehead atoms. The molecule has 0 heterocycles. The maximum Gasteiger partial charge on any atom is 0.126 e. The molecule has 0 amide bonds. The second-order valence-corrected chi connectivity index (χ2v) is 4.65. The van der Waals surface area contributed by atoms with Gasteiger partial charge in [0.2, 0.25) is 0 Å². The van der Waals surface area contributed by atoms with E-state index in [4.69, 9.17) is 4.74 Å². The Morgan fingerprint density at radius 3 is 2.78 bits per heavy atom. The SMILES string of the molecule is CCCNCC(CCOC)Cc1ccccc1F. The lowest BCUT2D eigenvalue weighted by Gasteiger charge is -2.17. The molecule has 0 aromatic heterocycles. The van der Waals surface area contributed by atoms with Crippen LogP contribution in [-0.2, 0) is 11.2 Å². The highest BCUT2D eigenvalue weighted by Crippen LogP contribution is 2.15. The normalized spacial score (nSPS) is 12.6. The molecule has 1 aromatic rings. The van der Waals surface area contributed by atoms with Gasteiger partial charge in [0, 0.05) is 13.7 Å². The highest BCUT2D eigenvalue weighted by molar-refractivity contribution is 5.17. The summed E-state index contributed by atoms with van der Waals surface area (Å²) in [6.07, 6.45) is 2.85. The first-order chi connectivity index (χ1) is 8.77. The fourth-order valence-corrected chi connectivity index (χ4v) is 2.02. The van der Waals surface area contributed by atoms with E-state index in [0.717, 1.165) is 44.5 Å². The standard InChI is InChI=1S/C15H24FNO/c1-3-9-17-12-13(8-10-18-2)11-14-6-4-5-7-15(14)16/h4-7,13,17H,3,8-12H2,1-2H3. The van der Waals surface area contributed by atoms with Crippen molar-refractivity contribution >= 4 is 0 Å². The van der Waals surface area contributed by atoms with E-state index in [2.05, 4.69) is 12.2 Å². The molecule has 1 atom stereocenters. The molecule has 1 aromatic carbocycles. The van der Waals surface area contributed by atoms with Crippen LogP contribution in [0.15, 0.2) is 24.3 Å². The average molecular weight is 253 g/mol. The van der Waals surface area contributed by atoms with Crippen LogP contribution < -0.4 is 5.32 Å². The smallest absolute Gasteiger partial charge is 0.126 e. The number of rotatable bonds is 9.